The van der Waals surface area contributed by atoms with E-state index in [0.717, 1.165) is 16.5 Å². The predicted octanol–water partition coefficient (Wildman–Crippen LogP) is 3.54. The summed E-state index contributed by atoms with van der Waals surface area (Å²) in [4.78, 5) is 30.3. The highest BCUT2D eigenvalue weighted by Crippen LogP contribution is 2.32. The van der Waals surface area contributed by atoms with E-state index in [-0.39, 0.29) is 11.8 Å². The number of methoxy groups -OCH3 is 1. The molecule has 1 atom stereocenters. The molecular weight excluding hydrogens is 390 g/mol. The Morgan fingerprint density at radius 2 is 2.14 bits per heavy atom. The standard InChI is InChI=1S/C22H22ClN3O3/c1-29-20-5-3-2-4-19(20)26-11-9-16(22(26)28)21(27)24-10-8-14-13-25-18-7-6-15(23)12-17(14)18/h2-7,12-13,16,25H,8-11H2,1H3,(H,24,27). The van der Waals surface area contributed by atoms with Crippen molar-refractivity contribution in [1.82, 2.24) is 10.3 Å². The number of benzene rings is 2. The molecule has 2 N–H and O–H groups in total. The highest BCUT2D eigenvalue weighted by Gasteiger charge is 2.38. The number of anilines is 1. The van der Waals surface area contributed by atoms with Crippen LogP contribution in [0.5, 0.6) is 5.75 Å². The van der Waals surface area contributed by atoms with E-state index in [1.165, 1.54) is 0 Å². The summed E-state index contributed by atoms with van der Waals surface area (Å²) in [5, 5.41) is 4.63. The van der Waals surface area contributed by atoms with E-state index in [0.29, 0.717) is 42.4 Å². The van der Waals surface area contributed by atoms with E-state index in [2.05, 4.69) is 10.3 Å². The zero-order valence-corrected chi connectivity index (χ0v) is 16.8. The van der Waals surface area contributed by atoms with Crippen LogP contribution >= 0.6 is 11.6 Å². The molecule has 7 heteroatoms. The second-order valence-electron chi connectivity index (χ2n) is 7.05. The van der Waals surface area contributed by atoms with Gasteiger partial charge in [0, 0.05) is 35.2 Å². The number of rotatable bonds is 6. The van der Waals surface area contributed by atoms with Crippen LogP contribution in [-0.2, 0) is 16.0 Å². The summed E-state index contributed by atoms with van der Waals surface area (Å²) in [6.07, 6.45) is 3.08. The Morgan fingerprint density at radius 3 is 2.97 bits per heavy atom. The van der Waals surface area contributed by atoms with Crippen LogP contribution in [-0.4, -0.2) is 37.0 Å². The number of hydrogen-bond donors (Lipinski definition) is 2. The molecule has 2 amide bonds. The van der Waals surface area contributed by atoms with E-state index in [1.807, 2.05) is 48.7 Å². The lowest BCUT2D eigenvalue weighted by Gasteiger charge is -2.19. The number of aromatic amines is 1. The minimum Gasteiger partial charge on any atom is -0.495 e. The lowest BCUT2D eigenvalue weighted by Crippen LogP contribution is -2.37. The van der Waals surface area contributed by atoms with E-state index < -0.39 is 5.92 Å². The smallest absolute Gasteiger partial charge is 0.239 e. The van der Waals surface area contributed by atoms with Gasteiger partial charge in [0.2, 0.25) is 11.8 Å². The van der Waals surface area contributed by atoms with Gasteiger partial charge in [0.15, 0.2) is 0 Å². The Balaban J connectivity index is 1.38. The maximum Gasteiger partial charge on any atom is 0.239 e. The number of nitrogens with one attached hydrogen (secondary N) is 2. The Labute approximate surface area is 173 Å². The van der Waals surface area contributed by atoms with Crippen molar-refractivity contribution in [1.29, 1.82) is 0 Å². The molecule has 4 rings (SSSR count). The molecule has 2 aromatic carbocycles. The van der Waals surface area contributed by atoms with E-state index in [4.69, 9.17) is 16.3 Å². The summed E-state index contributed by atoms with van der Waals surface area (Å²) in [7, 11) is 1.57. The van der Waals surface area contributed by atoms with Crippen molar-refractivity contribution in [2.75, 3.05) is 25.1 Å². The lowest BCUT2D eigenvalue weighted by atomic mass is 10.1. The third-order valence-corrected chi connectivity index (χ3v) is 5.56. The van der Waals surface area contributed by atoms with E-state index in [9.17, 15) is 9.59 Å². The number of carbonyl (C=O) groups is 2. The molecule has 1 unspecified atom stereocenters. The summed E-state index contributed by atoms with van der Waals surface area (Å²) < 4.78 is 5.34. The molecule has 0 radical (unpaired) electrons. The number of carbonyl (C=O) groups excluding carboxylic acids is 2. The Morgan fingerprint density at radius 1 is 1.31 bits per heavy atom. The number of para-hydroxylation sites is 2. The Kier molecular flexibility index (Phi) is 5.45. The minimum atomic E-state index is -0.669. The van der Waals surface area contributed by atoms with Gasteiger partial charge < -0.3 is 19.9 Å². The van der Waals surface area contributed by atoms with Crippen LogP contribution in [0.1, 0.15) is 12.0 Å². The monoisotopic (exact) mass is 411 g/mol. The van der Waals surface area contributed by atoms with Gasteiger partial charge in [-0.15, -0.1) is 0 Å². The van der Waals surface area contributed by atoms with Crippen molar-refractivity contribution in [3.05, 3.63) is 59.2 Å². The fourth-order valence-corrected chi connectivity index (χ4v) is 3.99. The quantitative estimate of drug-likeness (QED) is 0.609. The van der Waals surface area contributed by atoms with Crippen LogP contribution in [0.4, 0.5) is 5.69 Å². The zero-order chi connectivity index (χ0) is 20.4. The zero-order valence-electron chi connectivity index (χ0n) is 16.1. The van der Waals surface area contributed by atoms with Gasteiger partial charge in [-0.3, -0.25) is 9.59 Å². The van der Waals surface area contributed by atoms with Gasteiger partial charge in [-0.25, -0.2) is 0 Å². The largest absolute Gasteiger partial charge is 0.495 e. The van der Waals surface area contributed by atoms with Gasteiger partial charge in [-0.2, -0.15) is 0 Å². The predicted molar refractivity (Wildman–Crippen MR) is 113 cm³/mol. The van der Waals surface area contributed by atoms with Gasteiger partial charge in [-0.1, -0.05) is 23.7 Å². The number of fused-ring (bicyclic) bond motifs is 1. The van der Waals surface area contributed by atoms with Crippen LogP contribution < -0.4 is 15.0 Å². The molecule has 0 bridgehead atoms. The van der Waals surface area contributed by atoms with Gasteiger partial charge >= 0.3 is 0 Å². The summed E-state index contributed by atoms with van der Waals surface area (Å²) in [6, 6.07) is 13.0. The van der Waals surface area contributed by atoms with Crippen molar-refractivity contribution in [3.8, 4) is 5.75 Å². The van der Waals surface area contributed by atoms with Crippen LogP contribution in [0, 0.1) is 5.92 Å². The van der Waals surface area contributed by atoms with E-state index >= 15 is 0 Å². The molecule has 0 aliphatic carbocycles. The van der Waals surface area contributed by atoms with Gasteiger partial charge in [0.25, 0.3) is 0 Å². The van der Waals surface area contributed by atoms with Crippen molar-refractivity contribution >= 4 is 40.0 Å². The summed E-state index contributed by atoms with van der Waals surface area (Å²) in [5.41, 5.74) is 2.79. The van der Waals surface area contributed by atoms with Crippen molar-refractivity contribution in [2.24, 2.45) is 5.92 Å². The molecule has 1 aliphatic heterocycles. The first-order chi connectivity index (χ1) is 14.1. The Hall–Kier alpha value is -2.99. The Bertz CT molecular complexity index is 1060. The maximum absolute atomic E-state index is 12.8. The second-order valence-corrected chi connectivity index (χ2v) is 7.48. The number of amides is 2. The fourth-order valence-electron chi connectivity index (χ4n) is 3.82. The number of halogens is 1. The van der Waals surface area contributed by atoms with Gasteiger partial charge in [0.1, 0.15) is 11.7 Å². The normalized spacial score (nSPS) is 16.4. The molecule has 0 saturated carbocycles. The van der Waals surface area contributed by atoms with E-state index in [1.54, 1.807) is 12.0 Å². The molecule has 29 heavy (non-hydrogen) atoms. The summed E-state index contributed by atoms with van der Waals surface area (Å²) in [6.45, 7) is 0.953. The highest BCUT2D eigenvalue weighted by molar-refractivity contribution is 6.31. The first kappa shape index (κ1) is 19.3. The molecule has 1 aliphatic rings. The first-order valence-corrected chi connectivity index (χ1v) is 9.94. The molecule has 6 nitrogen and oxygen atoms in total. The van der Waals surface area contributed by atoms with Crippen molar-refractivity contribution in [2.45, 2.75) is 12.8 Å². The molecule has 1 saturated heterocycles. The van der Waals surface area contributed by atoms with Crippen LogP contribution in [0.25, 0.3) is 10.9 Å². The first-order valence-electron chi connectivity index (χ1n) is 9.56. The van der Waals surface area contributed by atoms with Crippen LogP contribution in [0.15, 0.2) is 48.7 Å². The lowest BCUT2D eigenvalue weighted by molar-refractivity contribution is -0.132. The SMILES string of the molecule is COc1ccccc1N1CCC(C(=O)NCCc2c[nH]c3ccc(Cl)cc23)C1=O. The minimum absolute atomic E-state index is 0.189. The molecule has 2 heterocycles. The molecular formula is C22H22ClN3O3. The molecule has 1 fully saturated rings. The summed E-state index contributed by atoms with van der Waals surface area (Å²) in [5.74, 6) is -0.464. The van der Waals surface area contributed by atoms with Crippen molar-refractivity contribution < 1.29 is 14.3 Å². The average Bonchev–Trinajstić information content (AvgIpc) is 3.31. The number of aromatic nitrogens is 1. The van der Waals surface area contributed by atoms with Crippen molar-refractivity contribution in [3.63, 3.8) is 0 Å². The molecule has 150 valence electrons. The number of hydrogen-bond acceptors (Lipinski definition) is 3. The van der Waals surface area contributed by atoms with Crippen LogP contribution in [0.2, 0.25) is 5.02 Å². The average molecular weight is 412 g/mol. The van der Waals surface area contributed by atoms with Gasteiger partial charge in [-0.05, 0) is 48.7 Å². The third kappa shape index (κ3) is 3.80. The number of nitrogens with zero attached hydrogens (tertiary/aromatic N) is 1. The highest BCUT2D eigenvalue weighted by atomic mass is 35.5. The number of ether oxygens (including phenoxy) is 1. The molecule has 3 aromatic rings. The summed E-state index contributed by atoms with van der Waals surface area (Å²) >= 11 is 6.09. The molecule has 1 aromatic heterocycles. The maximum atomic E-state index is 12.8. The molecule has 0 spiro atoms. The van der Waals surface area contributed by atoms with Gasteiger partial charge in [0.05, 0.1) is 12.8 Å². The second kappa shape index (κ2) is 8.17. The van der Waals surface area contributed by atoms with Crippen LogP contribution in [0.3, 0.4) is 0 Å². The topological polar surface area (TPSA) is 74.4 Å². The third-order valence-electron chi connectivity index (χ3n) is 5.32. The number of H-pyrrole nitrogens is 1. The fraction of sp³-hybridized carbons (Fsp3) is 0.273.